The first-order valence-electron chi connectivity index (χ1n) is 4.82. The van der Waals surface area contributed by atoms with Crippen molar-refractivity contribution < 1.29 is 4.79 Å². The van der Waals surface area contributed by atoms with Crippen LogP contribution < -0.4 is 5.73 Å². The maximum atomic E-state index is 11.6. The van der Waals surface area contributed by atoms with Crippen LogP contribution in [0.15, 0.2) is 12.7 Å². The van der Waals surface area contributed by atoms with Gasteiger partial charge in [-0.05, 0) is 12.8 Å². The van der Waals surface area contributed by atoms with Crippen molar-refractivity contribution in [2.75, 3.05) is 13.1 Å². The standard InChI is InChI=1S/C10H20N2O/c1-4-7-12(8-5-2)10(13)9(11)6-3/h4,9H,1,5-8,11H2,2-3H3. The zero-order chi connectivity index (χ0) is 10.3. The van der Waals surface area contributed by atoms with Crippen molar-refractivity contribution in [1.29, 1.82) is 0 Å². The van der Waals surface area contributed by atoms with Gasteiger partial charge in [0.2, 0.25) is 5.91 Å². The van der Waals surface area contributed by atoms with Crippen LogP contribution in [-0.2, 0) is 4.79 Å². The van der Waals surface area contributed by atoms with Crippen LogP contribution >= 0.6 is 0 Å². The maximum Gasteiger partial charge on any atom is 0.239 e. The second-order valence-corrected chi connectivity index (χ2v) is 3.09. The molecule has 0 aromatic carbocycles. The van der Waals surface area contributed by atoms with Crippen molar-refractivity contribution >= 4 is 5.91 Å². The van der Waals surface area contributed by atoms with Crippen LogP contribution in [0.2, 0.25) is 0 Å². The first-order valence-corrected chi connectivity index (χ1v) is 4.82. The molecule has 0 aliphatic carbocycles. The highest BCUT2D eigenvalue weighted by Gasteiger charge is 2.17. The fraction of sp³-hybridized carbons (Fsp3) is 0.700. The van der Waals surface area contributed by atoms with Crippen molar-refractivity contribution in [3.8, 4) is 0 Å². The number of hydrogen-bond acceptors (Lipinski definition) is 2. The molecule has 1 amide bonds. The third-order valence-corrected chi connectivity index (χ3v) is 1.91. The second kappa shape index (κ2) is 6.66. The maximum absolute atomic E-state index is 11.6. The van der Waals surface area contributed by atoms with Crippen LogP contribution in [0.4, 0.5) is 0 Å². The number of nitrogens with zero attached hydrogens (tertiary/aromatic N) is 1. The highest BCUT2D eigenvalue weighted by molar-refractivity contribution is 5.81. The normalized spacial score (nSPS) is 12.2. The average Bonchev–Trinajstić information content (AvgIpc) is 2.15. The predicted octanol–water partition coefficient (Wildman–Crippen LogP) is 1.15. The zero-order valence-corrected chi connectivity index (χ0v) is 8.62. The van der Waals surface area contributed by atoms with Crippen LogP contribution in [0.1, 0.15) is 26.7 Å². The molecule has 0 bridgehead atoms. The van der Waals surface area contributed by atoms with Crippen LogP contribution in [0.3, 0.4) is 0 Å². The molecule has 2 N–H and O–H groups in total. The van der Waals surface area contributed by atoms with E-state index in [9.17, 15) is 4.79 Å². The Balaban J connectivity index is 4.17. The van der Waals surface area contributed by atoms with Crippen LogP contribution in [0.25, 0.3) is 0 Å². The SMILES string of the molecule is C=CCN(CCC)C(=O)C(N)CC. The summed E-state index contributed by atoms with van der Waals surface area (Å²) in [7, 11) is 0. The van der Waals surface area contributed by atoms with Crippen molar-refractivity contribution in [2.24, 2.45) is 5.73 Å². The number of amides is 1. The Hall–Kier alpha value is -0.830. The largest absolute Gasteiger partial charge is 0.338 e. The highest BCUT2D eigenvalue weighted by Crippen LogP contribution is 1.98. The van der Waals surface area contributed by atoms with E-state index in [2.05, 4.69) is 6.58 Å². The lowest BCUT2D eigenvalue weighted by atomic mass is 10.2. The fourth-order valence-corrected chi connectivity index (χ4v) is 1.13. The van der Waals surface area contributed by atoms with Crippen LogP contribution in [-0.4, -0.2) is 29.9 Å². The minimum absolute atomic E-state index is 0.0317. The van der Waals surface area contributed by atoms with Gasteiger partial charge >= 0.3 is 0 Å². The summed E-state index contributed by atoms with van der Waals surface area (Å²) in [6.07, 6.45) is 3.38. The monoisotopic (exact) mass is 184 g/mol. The number of rotatable bonds is 6. The van der Waals surface area contributed by atoms with Crippen molar-refractivity contribution in [2.45, 2.75) is 32.7 Å². The zero-order valence-electron chi connectivity index (χ0n) is 8.62. The number of nitrogens with two attached hydrogens (primary N) is 1. The van der Waals surface area contributed by atoms with E-state index in [0.717, 1.165) is 13.0 Å². The average molecular weight is 184 g/mol. The Morgan fingerprint density at radius 1 is 1.62 bits per heavy atom. The topological polar surface area (TPSA) is 46.3 Å². The molecule has 0 fully saturated rings. The summed E-state index contributed by atoms with van der Waals surface area (Å²) in [4.78, 5) is 13.4. The van der Waals surface area contributed by atoms with Gasteiger partial charge in [-0.3, -0.25) is 4.79 Å². The number of carbonyl (C=O) groups excluding carboxylic acids is 1. The van der Waals surface area contributed by atoms with E-state index >= 15 is 0 Å². The van der Waals surface area contributed by atoms with E-state index in [4.69, 9.17) is 5.73 Å². The number of hydrogen-bond donors (Lipinski definition) is 1. The van der Waals surface area contributed by atoms with Gasteiger partial charge in [0.05, 0.1) is 6.04 Å². The molecule has 76 valence electrons. The van der Waals surface area contributed by atoms with Gasteiger partial charge in [-0.25, -0.2) is 0 Å². The third kappa shape index (κ3) is 4.08. The number of carbonyl (C=O) groups is 1. The van der Waals surface area contributed by atoms with E-state index in [1.54, 1.807) is 11.0 Å². The summed E-state index contributed by atoms with van der Waals surface area (Å²) in [6.45, 7) is 8.94. The molecular weight excluding hydrogens is 164 g/mol. The Morgan fingerprint density at radius 3 is 2.62 bits per heavy atom. The fourth-order valence-electron chi connectivity index (χ4n) is 1.13. The quantitative estimate of drug-likeness (QED) is 0.629. The van der Waals surface area contributed by atoms with Crippen LogP contribution in [0, 0.1) is 0 Å². The molecule has 0 aromatic rings. The Kier molecular flexibility index (Phi) is 6.24. The van der Waals surface area contributed by atoms with Gasteiger partial charge in [0.1, 0.15) is 0 Å². The van der Waals surface area contributed by atoms with Crippen LogP contribution in [0.5, 0.6) is 0 Å². The van der Waals surface area contributed by atoms with E-state index in [1.807, 2.05) is 13.8 Å². The van der Waals surface area contributed by atoms with E-state index < -0.39 is 0 Å². The molecule has 3 nitrogen and oxygen atoms in total. The minimum atomic E-state index is -0.355. The van der Waals surface area contributed by atoms with Gasteiger partial charge in [-0.15, -0.1) is 6.58 Å². The molecule has 0 aromatic heterocycles. The molecule has 0 saturated carbocycles. The molecular formula is C10H20N2O. The second-order valence-electron chi connectivity index (χ2n) is 3.09. The van der Waals surface area contributed by atoms with Gasteiger partial charge in [0.15, 0.2) is 0 Å². The highest BCUT2D eigenvalue weighted by atomic mass is 16.2. The summed E-state index contributed by atoms with van der Waals surface area (Å²) in [5.41, 5.74) is 5.65. The molecule has 0 rings (SSSR count). The molecule has 0 radical (unpaired) electrons. The molecule has 0 spiro atoms. The van der Waals surface area contributed by atoms with Gasteiger partial charge < -0.3 is 10.6 Å². The summed E-state index contributed by atoms with van der Waals surface area (Å²) in [5, 5.41) is 0. The molecule has 0 saturated heterocycles. The molecule has 3 heteroatoms. The van der Waals surface area contributed by atoms with Crippen molar-refractivity contribution in [3.63, 3.8) is 0 Å². The van der Waals surface area contributed by atoms with E-state index in [-0.39, 0.29) is 11.9 Å². The lowest BCUT2D eigenvalue weighted by molar-refractivity contribution is -0.132. The summed E-state index contributed by atoms with van der Waals surface area (Å²) in [5.74, 6) is 0.0317. The summed E-state index contributed by atoms with van der Waals surface area (Å²) >= 11 is 0. The van der Waals surface area contributed by atoms with Gasteiger partial charge in [0, 0.05) is 13.1 Å². The summed E-state index contributed by atoms with van der Waals surface area (Å²) in [6, 6.07) is -0.355. The Morgan fingerprint density at radius 2 is 2.23 bits per heavy atom. The lowest BCUT2D eigenvalue weighted by Crippen LogP contribution is -2.43. The Labute approximate surface area is 80.6 Å². The summed E-state index contributed by atoms with van der Waals surface area (Å²) < 4.78 is 0. The van der Waals surface area contributed by atoms with Gasteiger partial charge in [-0.1, -0.05) is 19.9 Å². The molecule has 13 heavy (non-hydrogen) atoms. The van der Waals surface area contributed by atoms with Crippen molar-refractivity contribution in [1.82, 2.24) is 4.90 Å². The molecule has 0 aliphatic heterocycles. The first-order chi connectivity index (χ1) is 6.17. The first kappa shape index (κ1) is 12.2. The predicted molar refractivity (Wildman–Crippen MR) is 55.3 cm³/mol. The minimum Gasteiger partial charge on any atom is -0.338 e. The lowest BCUT2D eigenvalue weighted by Gasteiger charge is -2.23. The van der Waals surface area contributed by atoms with Crippen molar-refractivity contribution in [3.05, 3.63) is 12.7 Å². The molecule has 1 unspecified atom stereocenters. The Bertz CT molecular complexity index is 168. The molecule has 1 atom stereocenters. The van der Waals surface area contributed by atoms with Gasteiger partial charge in [-0.2, -0.15) is 0 Å². The molecule has 0 aliphatic rings. The smallest absolute Gasteiger partial charge is 0.239 e. The third-order valence-electron chi connectivity index (χ3n) is 1.91. The van der Waals surface area contributed by atoms with E-state index in [0.29, 0.717) is 13.0 Å². The molecule has 0 heterocycles. The van der Waals surface area contributed by atoms with Gasteiger partial charge in [0.25, 0.3) is 0 Å². The van der Waals surface area contributed by atoms with E-state index in [1.165, 1.54) is 0 Å².